The summed E-state index contributed by atoms with van der Waals surface area (Å²) < 4.78 is 11.2. The molecule has 2 rings (SSSR count). The van der Waals surface area contributed by atoms with E-state index >= 15 is 0 Å². The van der Waals surface area contributed by atoms with Crippen molar-refractivity contribution in [3.8, 4) is 11.5 Å². The van der Waals surface area contributed by atoms with Gasteiger partial charge in [0.15, 0.2) is 16.6 Å². The Balaban J connectivity index is 2.02. The first-order valence-corrected chi connectivity index (χ1v) is 8.43. The highest BCUT2D eigenvalue weighted by Crippen LogP contribution is 2.28. The molecule has 25 heavy (non-hydrogen) atoms. The summed E-state index contributed by atoms with van der Waals surface area (Å²) in [6.45, 7) is 4.49. The second-order valence-corrected chi connectivity index (χ2v) is 6.09. The molecule has 2 aromatic rings. The summed E-state index contributed by atoms with van der Waals surface area (Å²) in [6, 6.07) is 15.9. The molecule has 2 N–H and O–H groups in total. The largest absolute Gasteiger partial charge is 0.493 e. The number of hydrogen-bond donors (Lipinski definition) is 2. The topological polar surface area (TPSA) is 54.9 Å². The summed E-state index contributed by atoms with van der Waals surface area (Å²) in [5.74, 6) is 1.34. The first kappa shape index (κ1) is 18.7. The van der Waals surface area contributed by atoms with Gasteiger partial charge in [-0.3, -0.25) is 5.43 Å². The predicted molar refractivity (Wildman–Crippen MR) is 105 cm³/mol. The van der Waals surface area contributed by atoms with Gasteiger partial charge in [0.05, 0.1) is 13.3 Å². The van der Waals surface area contributed by atoms with Crippen LogP contribution in [-0.2, 0) is 6.61 Å². The second-order valence-electron chi connectivity index (χ2n) is 5.68. The molecule has 0 atom stereocenters. The van der Waals surface area contributed by atoms with Gasteiger partial charge in [-0.05, 0) is 55.4 Å². The smallest absolute Gasteiger partial charge is 0.187 e. The van der Waals surface area contributed by atoms with Crippen LogP contribution in [0, 0.1) is 0 Å². The molecule has 0 fully saturated rings. The molecule has 0 amide bonds. The van der Waals surface area contributed by atoms with Crippen LogP contribution >= 0.6 is 12.2 Å². The Kier molecular flexibility index (Phi) is 7.22. The van der Waals surface area contributed by atoms with Crippen molar-refractivity contribution in [1.82, 2.24) is 10.7 Å². The number of thiocarbonyl (C=S) groups is 1. The van der Waals surface area contributed by atoms with Crippen LogP contribution in [0.5, 0.6) is 11.5 Å². The van der Waals surface area contributed by atoms with Crippen molar-refractivity contribution < 1.29 is 9.47 Å². The zero-order chi connectivity index (χ0) is 18.1. The molecule has 0 unspecified atom stereocenters. The Morgan fingerprint density at radius 2 is 1.92 bits per heavy atom. The summed E-state index contributed by atoms with van der Waals surface area (Å²) in [5, 5.41) is 7.68. The van der Waals surface area contributed by atoms with Crippen molar-refractivity contribution in [2.24, 2.45) is 5.10 Å². The van der Waals surface area contributed by atoms with Crippen LogP contribution in [-0.4, -0.2) is 24.5 Å². The maximum atomic E-state index is 5.89. The normalized spacial score (nSPS) is 10.7. The first-order valence-electron chi connectivity index (χ1n) is 8.03. The fourth-order valence-electron chi connectivity index (χ4n) is 2.08. The lowest BCUT2D eigenvalue weighted by atomic mass is 10.2. The summed E-state index contributed by atoms with van der Waals surface area (Å²) in [4.78, 5) is 0. The molecule has 0 spiro atoms. The monoisotopic (exact) mass is 357 g/mol. The Labute approximate surface area is 154 Å². The maximum absolute atomic E-state index is 5.89. The molecule has 0 radical (unpaired) electrons. The Hall–Kier alpha value is -2.60. The highest BCUT2D eigenvalue weighted by atomic mass is 32.1. The van der Waals surface area contributed by atoms with Crippen molar-refractivity contribution in [2.45, 2.75) is 26.5 Å². The van der Waals surface area contributed by atoms with Crippen LogP contribution < -0.4 is 20.2 Å². The van der Waals surface area contributed by atoms with Gasteiger partial charge >= 0.3 is 0 Å². The Bertz CT molecular complexity index is 718. The van der Waals surface area contributed by atoms with Gasteiger partial charge in [-0.2, -0.15) is 5.10 Å². The third-order valence-electron chi connectivity index (χ3n) is 3.22. The fourth-order valence-corrected chi connectivity index (χ4v) is 2.37. The van der Waals surface area contributed by atoms with Crippen molar-refractivity contribution >= 4 is 23.5 Å². The van der Waals surface area contributed by atoms with Crippen molar-refractivity contribution in [2.75, 3.05) is 7.11 Å². The molecule has 0 bridgehead atoms. The molecule has 0 saturated heterocycles. The zero-order valence-corrected chi connectivity index (χ0v) is 15.5. The van der Waals surface area contributed by atoms with Gasteiger partial charge in [0, 0.05) is 6.04 Å². The lowest BCUT2D eigenvalue weighted by molar-refractivity contribution is 0.284. The maximum Gasteiger partial charge on any atom is 0.187 e. The number of hydrazone groups is 1. The van der Waals surface area contributed by atoms with Gasteiger partial charge in [0.25, 0.3) is 0 Å². The Morgan fingerprint density at radius 3 is 2.60 bits per heavy atom. The number of benzene rings is 2. The van der Waals surface area contributed by atoms with E-state index in [9.17, 15) is 0 Å². The lowest BCUT2D eigenvalue weighted by Crippen LogP contribution is -2.36. The molecule has 0 saturated carbocycles. The van der Waals surface area contributed by atoms with Crippen LogP contribution in [0.2, 0.25) is 0 Å². The van der Waals surface area contributed by atoms with Crippen molar-refractivity contribution in [3.63, 3.8) is 0 Å². The van der Waals surface area contributed by atoms with Gasteiger partial charge in [-0.25, -0.2) is 0 Å². The SMILES string of the molecule is COc1ccc(C=NNC(=S)NC(C)C)cc1OCc1ccccc1. The summed E-state index contributed by atoms with van der Waals surface area (Å²) >= 11 is 5.13. The quantitative estimate of drug-likeness (QED) is 0.451. The van der Waals surface area contributed by atoms with E-state index in [1.165, 1.54) is 0 Å². The Morgan fingerprint density at radius 1 is 1.16 bits per heavy atom. The third-order valence-corrected chi connectivity index (χ3v) is 3.43. The van der Waals surface area contributed by atoms with Gasteiger partial charge in [0.1, 0.15) is 6.61 Å². The van der Waals surface area contributed by atoms with Crippen molar-refractivity contribution in [1.29, 1.82) is 0 Å². The van der Waals surface area contributed by atoms with Crippen molar-refractivity contribution in [3.05, 3.63) is 59.7 Å². The molecule has 2 aromatic carbocycles. The van der Waals surface area contributed by atoms with E-state index in [0.717, 1.165) is 11.1 Å². The molecular weight excluding hydrogens is 334 g/mol. The fraction of sp³-hybridized carbons (Fsp3) is 0.263. The summed E-state index contributed by atoms with van der Waals surface area (Å²) in [5.41, 5.74) is 4.76. The van der Waals surface area contributed by atoms with E-state index in [4.69, 9.17) is 21.7 Å². The molecule has 0 aliphatic heterocycles. The first-order chi connectivity index (χ1) is 12.1. The number of nitrogens with one attached hydrogen (secondary N) is 2. The standard InChI is InChI=1S/C19H23N3O2S/c1-14(2)21-19(25)22-20-12-16-9-10-17(23-3)18(11-16)24-13-15-7-5-4-6-8-15/h4-12,14H,13H2,1-3H3,(H2,21,22,25). The molecule has 132 valence electrons. The second kappa shape index (κ2) is 9.64. The van der Waals surface area contributed by atoms with Gasteiger partial charge in [0.2, 0.25) is 0 Å². The summed E-state index contributed by atoms with van der Waals surface area (Å²) in [7, 11) is 1.62. The zero-order valence-electron chi connectivity index (χ0n) is 14.7. The third kappa shape index (κ3) is 6.43. The van der Waals surface area contributed by atoms with Gasteiger partial charge in [-0.15, -0.1) is 0 Å². The number of nitrogens with zero attached hydrogens (tertiary/aromatic N) is 1. The van der Waals surface area contributed by atoms with E-state index < -0.39 is 0 Å². The highest BCUT2D eigenvalue weighted by Gasteiger charge is 2.06. The average Bonchev–Trinajstić information content (AvgIpc) is 2.60. The summed E-state index contributed by atoms with van der Waals surface area (Å²) in [6.07, 6.45) is 1.68. The molecule has 0 aliphatic carbocycles. The van der Waals surface area contributed by atoms with E-state index in [0.29, 0.717) is 23.2 Å². The molecule has 0 heterocycles. The molecular formula is C19H23N3O2S. The molecule has 5 nitrogen and oxygen atoms in total. The minimum Gasteiger partial charge on any atom is -0.493 e. The molecule has 0 aromatic heterocycles. The highest BCUT2D eigenvalue weighted by molar-refractivity contribution is 7.80. The van der Waals surface area contributed by atoms with Crippen LogP contribution in [0.3, 0.4) is 0 Å². The lowest BCUT2D eigenvalue weighted by Gasteiger charge is -2.12. The number of rotatable bonds is 7. The van der Waals surface area contributed by atoms with Crippen LogP contribution in [0.25, 0.3) is 0 Å². The average molecular weight is 357 g/mol. The van der Waals surface area contributed by atoms with Gasteiger partial charge in [-0.1, -0.05) is 30.3 Å². The van der Waals surface area contributed by atoms with Crippen LogP contribution in [0.1, 0.15) is 25.0 Å². The van der Waals surface area contributed by atoms with Crippen LogP contribution in [0.15, 0.2) is 53.6 Å². The minimum atomic E-state index is 0.258. The van der Waals surface area contributed by atoms with Crippen LogP contribution in [0.4, 0.5) is 0 Å². The van der Waals surface area contributed by atoms with Gasteiger partial charge < -0.3 is 14.8 Å². The van der Waals surface area contributed by atoms with E-state index in [1.54, 1.807) is 13.3 Å². The number of methoxy groups -OCH3 is 1. The minimum absolute atomic E-state index is 0.258. The predicted octanol–water partition coefficient (Wildman–Crippen LogP) is 3.48. The molecule has 6 heteroatoms. The van der Waals surface area contributed by atoms with E-state index in [2.05, 4.69) is 15.8 Å². The number of ether oxygens (including phenoxy) is 2. The van der Waals surface area contributed by atoms with E-state index in [1.807, 2.05) is 62.4 Å². The van der Waals surface area contributed by atoms with E-state index in [-0.39, 0.29) is 6.04 Å². The number of hydrogen-bond acceptors (Lipinski definition) is 4. The molecule has 0 aliphatic rings.